The molecule has 1 saturated heterocycles. The van der Waals surface area contributed by atoms with Gasteiger partial charge in [-0.05, 0) is 41.8 Å². The Morgan fingerprint density at radius 3 is 2.33 bits per heavy atom. The molecule has 1 aliphatic rings. The van der Waals surface area contributed by atoms with E-state index in [1.165, 1.54) is 26.4 Å². The van der Waals surface area contributed by atoms with Crippen LogP contribution in [0.4, 0.5) is 0 Å². The third-order valence-electron chi connectivity index (χ3n) is 5.04. The SMILES string of the molecule is COc1cc(C[C@@H]2[C@@H]([C@@H](O)c3ccc(O)c(OC)c3)CO[C@H]2O)ccc1O. The van der Waals surface area contributed by atoms with Crippen LogP contribution < -0.4 is 9.47 Å². The number of methoxy groups -OCH3 is 2. The zero-order chi connectivity index (χ0) is 19.6. The van der Waals surface area contributed by atoms with Gasteiger partial charge in [-0.25, -0.2) is 0 Å². The number of aromatic hydroxyl groups is 2. The highest BCUT2D eigenvalue weighted by Gasteiger charge is 2.41. The third-order valence-corrected chi connectivity index (χ3v) is 5.04. The van der Waals surface area contributed by atoms with Gasteiger partial charge in [-0.2, -0.15) is 0 Å². The molecule has 0 aliphatic carbocycles. The summed E-state index contributed by atoms with van der Waals surface area (Å²) in [5.74, 6) is -0.0589. The fourth-order valence-electron chi connectivity index (χ4n) is 3.49. The maximum atomic E-state index is 10.8. The van der Waals surface area contributed by atoms with Crippen LogP contribution in [0.1, 0.15) is 17.2 Å². The number of aliphatic hydroxyl groups excluding tert-OH is 2. The van der Waals surface area contributed by atoms with E-state index in [2.05, 4.69) is 0 Å². The van der Waals surface area contributed by atoms with E-state index in [0.29, 0.717) is 17.7 Å². The Hall–Kier alpha value is -2.48. The van der Waals surface area contributed by atoms with Crippen molar-refractivity contribution in [3.8, 4) is 23.0 Å². The molecule has 2 aromatic carbocycles. The Kier molecular flexibility index (Phi) is 5.74. The molecule has 0 saturated carbocycles. The fourth-order valence-corrected chi connectivity index (χ4v) is 3.49. The van der Waals surface area contributed by atoms with Crippen molar-refractivity contribution in [2.75, 3.05) is 20.8 Å². The van der Waals surface area contributed by atoms with Gasteiger partial charge < -0.3 is 34.6 Å². The third kappa shape index (κ3) is 3.95. The van der Waals surface area contributed by atoms with E-state index in [1.54, 1.807) is 24.3 Å². The molecule has 1 fully saturated rings. The second-order valence-electron chi connectivity index (χ2n) is 6.64. The average molecular weight is 376 g/mol. The molecule has 0 spiro atoms. The number of ether oxygens (including phenoxy) is 3. The second kappa shape index (κ2) is 8.04. The van der Waals surface area contributed by atoms with Crippen LogP contribution in [0.25, 0.3) is 0 Å². The van der Waals surface area contributed by atoms with Crippen LogP contribution in [0, 0.1) is 11.8 Å². The Morgan fingerprint density at radius 2 is 1.67 bits per heavy atom. The number of benzene rings is 2. The topological polar surface area (TPSA) is 109 Å². The molecule has 0 radical (unpaired) electrons. The zero-order valence-electron chi connectivity index (χ0n) is 15.2. The predicted octanol–water partition coefficient (Wildman–Crippen LogP) is 1.97. The van der Waals surface area contributed by atoms with Crippen LogP contribution >= 0.6 is 0 Å². The first kappa shape index (κ1) is 19.3. The van der Waals surface area contributed by atoms with E-state index in [4.69, 9.17) is 14.2 Å². The van der Waals surface area contributed by atoms with Crippen LogP contribution in [0.3, 0.4) is 0 Å². The van der Waals surface area contributed by atoms with Crippen LogP contribution in [-0.2, 0) is 11.2 Å². The Bertz CT molecular complexity index is 792. The van der Waals surface area contributed by atoms with Crippen molar-refractivity contribution in [3.63, 3.8) is 0 Å². The van der Waals surface area contributed by atoms with Crippen molar-refractivity contribution in [1.29, 1.82) is 0 Å². The van der Waals surface area contributed by atoms with Gasteiger partial charge in [0.25, 0.3) is 0 Å². The lowest BCUT2D eigenvalue weighted by molar-refractivity contribution is -0.0823. The van der Waals surface area contributed by atoms with E-state index in [-0.39, 0.29) is 35.7 Å². The maximum Gasteiger partial charge on any atom is 0.160 e. The molecule has 0 bridgehead atoms. The normalized spacial score (nSPS) is 23.2. The van der Waals surface area contributed by atoms with Crippen molar-refractivity contribution < 1.29 is 34.6 Å². The lowest BCUT2D eigenvalue weighted by atomic mass is 9.82. The molecule has 27 heavy (non-hydrogen) atoms. The molecule has 4 atom stereocenters. The first-order valence-corrected chi connectivity index (χ1v) is 8.65. The zero-order valence-corrected chi connectivity index (χ0v) is 15.2. The summed E-state index contributed by atoms with van der Waals surface area (Å²) in [6.45, 7) is 0.200. The Balaban J connectivity index is 1.82. The van der Waals surface area contributed by atoms with E-state index >= 15 is 0 Å². The molecule has 3 rings (SSSR count). The summed E-state index contributed by atoms with van der Waals surface area (Å²) in [4.78, 5) is 0. The highest BCUT2D eigenvalue weighted by molar-refractivity contribution is 5.43. The lowest BCUT2D eigenvalue weighted by Crippen LogP contribution is -2.27. The van der Waals surface area contributed by atoms with Gasteiger partial charge in [-0.1, -0.05) is 12.1 Å². The molecule has 4 N–H and O–H groups in total. The quantitative estimate of drug-likeness (QED) is 0.610. The summed E-state index contributed by atoms with van der Waals surface area (Å²) in [5, 5.41) is 40.6. The van der Waals surface area contributed by atoms with Crippen molar-refractivity contribution in [2.24, 2.45) is 11.8 Å². The minimum atomic E-state index is -1.01. The van der Waals surface area contributed by atoms with Gasteiger partial charge in [-0.3, -0.25) is 0 Å². The molecular formula is C20H24O7. The van der Waals surface area contributed by atoms with Crippen LogP contribution in [0.2, 0.25) is 0 Å². The molecule has 0 unspecified atom stereocenters. The number of hydrogen-bond acceptors (Lipinski definition) is 7. The molecule has 0 amide bonds. The summed E-state index contributed by atoms with van der Waals surface area (Å²) in [6.07, 6.45) is -1.47. The molecular weight excluding hydrogens is 352 g/mol. The van der Waals surface area contributed by atoms with E-state index < -0.39 is 12.4 Å². The van der Waals surface area contributed by atoms with Gasteiger partial charge in [0.2, 0.25) is 0 Å². The summed E-state index contributed by atoms with van der Waals surface area (Å²) < 4.78 is 15.6. The van der Waals surface area contributed by atoms with Gasteiger partial charge in [0.15, 0.2) is 29.3 Å². The Morgan fingerprint density at radius 1 is 1.04 bits per heavy atom. The molecule has 7 heteroatoms. The molecule has 146 valence electrons. The average Bonchev–Trinajstić information content (AvgIpc) is 3.03. The van der Waals surface area contributed by atoms with Gasteiger partial charge >= 0.3 is 0 Å². The molecule has 0 aromatic heterocycles. The summed E-state index contributed by atoms with van der Waals surface area (Å²) in [5.41, 5.74) is 1.42. The monoisotopic (exact) mass is 376 g/mol. The molecule has 7 nitrogen and oxygen atoms in total. The van der Waals surface area contributed by atoms with Crippen molar-refractivity contribution in [2.45, 2.75) is 18.8 Å². The number of rotatable bonds is 6. The van der Waals surface area contributed by atoms with Gasteiger partial charge in [0.05, 0.1) is 26.9 Å². The minimum absolute atomic E-state index is 0.0103. The van der Waals surface area contributed by atoms with E-state index in [9.17, 15) is 20.4 Å². The smallest absolute Gasteiger partial charge is 0.160 e. The second-order valence-corrected chi connectivity index (χ2v) is 6.64. The fraction of sp³-hybridized carbons (Fsp3) is 0.400. The Labute approximate surface area is 157 Å². The van der Waals surface area contributed by atoms with Gasteiger partial charge in [0, 0.05) is 11.8 Å². The largest absolute Gasteiger partial charge is 0.504 e. The lowest BCUT2D eigenvalue weighted by Gasteiger charge is -2.25. The number of hydrogen-bond donors (Lipinski definition) is 4. The maximum absolute atomic E-state index is 10.8. The van der Waals surface area contributed by atoms with Crippen LogP contribution in [-0.4, -0.2) is 47.5 Å². The van der Waals surface area contributed by atoms with Crippen LogP contribution in [0.5, 0.6) is 23.0 Å². The first-order valence-electron chi connectivity index (χ1n) is 8.65. The van der Waals surface area contributed by atoms with E-state index in [1.807, 2.05) is 0 Å². The predicted molar refractivity (Wildman–Crippen MR) is 96.9 cm³/mol. The highest BCUT2D eigenvalue weighted by atomic mass is 16.6. The number of phenols is 2. The van der Waals surface area contributed by atoms with Crippen molar-refractivity contribution in [1.82, 2.24) is 0 Å². The van der Waals surface area contributed by atoms with Gasteiger partial charge in [-0.15, -0.1) is 0 Å². The van der Waals surface area contributed by atoms with E-state index in [0.717, 1.165) is 5.56 Å². The number of aliphatic hydroxyl groups is 2. The summed E-state index contributed by atoms with van der Waals surface area (Å²) in [7, 11) is 2.91. The minimum Gasteiger partial charge on any atom is -0.504 e. The summed E-state index contributed by atoms with van der Waals surface area (Å²) in [6, 6.07) is 9.64. The highest BCUT2D eigenvalue weighted by Crippen LogP contribution is 2.40. The molecule has 1 aliphatic heterocycles. The standard InChI is InChI=1S/C20H24O7/c1-25-17-8-11(3-5-15(17)21)7-13-14(10-27-20(13)24)19(23)12-4-6-16(22)18(9-12)26-2/h3-6,8-9,13-14,19-24H,7,10H2,1-2H3/t13-,14+,19+,20-/m1/s1. The molecule has 2 aromatic rings. The summed E-state index contributed by atoms with van der Waals surface area (Å²) >= 11 is 0. The first-order chi connectivity index (χ1) is 12.9. The van der Waals surface area contributed by atoms with Gasteiger partial charge in [0.1, 0.15) is 0 Å². The number of phenolic OH excluding ortho intramolecular Hbond substituents is 2. The van der Waals surface area contributed by atoms with Crippen molar-refractivity contribution >= 4 is 0 Å². The molecule has 1 heterocycles. The van der Waals surface area contributed by atoms with Crippen LogP contribution in [0.15, 0.2) is 36.4 Å². The van der Waals surface area contributed by atoms with Crippen molar-refractivity contribution in [3.05, 3.63) is 47.5 Å².